The molecule has 0 N–H and O–H groups in total. The SMILES string of the molecule is CC1=NN(c2c(F)c(F)c(F)c(F)c2F)C(=O)/C1=C\c1ccc(OC(C)C)c(Br)c1. The molecule has 0 fully saturated rings. The van der Waals surface area contributed by atoms with Gasteiger partial charge in [0.2, 0.25) is 5.82 Å². The number of rotatable bonds is 4. The largest absolute Gasteiger partial charge is 0.490 e. The van der Waals surface area contributed by atoms with Gasteiger partial charge in [0, 0.05) is 0 Å². The predicted octanol–water partition coefficient (Wildman–Crippen LogP) is 5.74. The molecule has 0 aromatic heterocycles. The fraction of sp³-hybridized carbons (Fsp3) is 0.200. The minimum atomic E-state index is -2.31. The summed E-state index contributed by atoms with van der Waals surface area (Å²) in [7, 11) is 0. The lowest BCUT2D eigenvalue weighted by Gasteiger charge is -2.15. The summed E-state index contributed by atoms with van der Waals surface area (Å²) in [5.41, 5.74) is -0.929. The van der Waals surface area contributed by atoms with Crippen molar-refractivity contribution in [2.45, 2.75) is 26.9 Å². The van der Waals surface area contributed by atoms with Crippen LogP contribution in [-0.2, 0) is 4.79 Å². The van der Waals surface area contributed by atoms with Crippen molar-refractivity contribution in [2.24, 2.45) is 5.10 Å². The molecule has 30 heavy (non-hydrogen) atoms. The van der Waals surface area contributed by atoms with Crippen LogP contribution in [0.15, 0.2) is 33.3 Å². The molecule has 4 nitrogen and oxygen atoms in total. The van der Waals surface area contributed by atoms with Crippen LogP contribution in [-0.4, -0.2) is 17.7 Å². The highest BCUT2D eigenvalue weighted by molar-refractivity contribution is 9.10. The van der Waals surface area contributed by atoms with Gasteiger partial charge in [-0.1, -0.05) is 6.07 Å². The number of carbonyl (C=O) groups excluding carboxylic acids is 1. The van der Waals surface area contributed by atoms with Crippen molar-refractivity contribution in [3.8, 4) is 5.75 Å². The van der Waals surface area contributed by atoms with Crippen LogP contribution < -0.4 is 9.75 Å². The van der Waals surface area contributed by atoms with Crippen LogP contribution in [0.5, 0.6) is 5.75 Å². The van der Waals surface area contributed by atoms with Crippen LogP contribution in [0.2, 0.25) is 0 Å². The number of nitrogens with zero attached hydrogens (tertiary/aromatic N) is 2. The normalized spacial score (nSPS) is 15.4. The van der Waals surface area contributed by atoms with Gasteiger partial charge in [-0.05, 0) is 60.5 Å². The van der Waals surface area contributed by atoms with Gasteiger partial charge in [0.15, 0.2) is 23.3 Å². The van der Waals surface area contributed by atoms with Crippen LogP contribution in [0, 0.1) is 29.1 Å². The molecule has 1 amide bonds. The van der Waals surface area contributed by atoms with Crippen molar-refractivity contribution in [1.82, 2.24) is 0 Å². The highest BCUT2D eigenvalue weighted by Crippen LogP contribution is 2.34. The molecule has 10 heteroatoms. The molecule has 0 saturated carbocycles. The van der Waals surface area contributed by atoms with Crippen LogP contribution in [0.1, 0.15) is 26.3 Å². The van der Waals surface area contributed by atoms with Crippen LogP contribution in [0.25, 0.3) is 6.08 Å². The predicted molar refractivity (Wildman–Crippen MR) is 105 cm³/mol. The summed E-state index contributed by atoms with van der Waals surface area (Å²) in [6.45, 7) is 5.09. The second kappa shape index (κ2) is 8.17. The Morgan fingerprint density at radius 1 is 1.03 bits per heavy atom. The quantitative estimate of drug-likeness (QED) is 0.238. The zero-order valence-corrected chi connectivity index (χ0v) is 17.5. The maximum atomic E-state index is 14.1. The number of carbonyl (C=O) groups is 1. The first-order chi connectivity index (χ1) is 14.0. The molecule has 1 heterocycles. The van der Waals surface area contributed by atoms with E-state index in [9.17, 15) is 26.7 Å². The van der Waals surface area contributed by atoms with Crippen molar-refractivity contribution in [2.75, 3.05) is 5.01 Å². The van der Waals surface area contributed by atoms with E-state index in [-0.39, 0.29) is 22.4 Å². The van der Waals surface area contributed by atoms with Crippen molar-refractivity contribution in [3.63, 3.8) is 0 Å². The Hall–Kier alpha value is -2.75. The van der Waals surface area contributed by atoms with Gasteiger partial charge in [0.05, 0.1) is 21.9 Å². The summed E-state index contributed by atoms with van der Waals surface area (Å²) in [4.78, 5) is 12.7. The summed E-state index contributed by atoms with van der Waals surface area (Å²) in [6, 6.07) is 4.94. The van der Waals surface area contributed by atoms with Gasteiger partial charge in [-0.3, -0.25) is 4.79 Å². The maximum Gasteiger partial charge on any atom is 0.280 e. The molecule has 0 saturated heterocycles. The van der Waals surface area contributed by atoms with E-state index in [0.717, 1.165) is 0 Å². The van der Waals surface area contributed by atoms with Gasteiger partial charge in [-0.25, -0.2) is 22.0 Å². The molecule has 1 aliphatic heterocycles. The Kier molecular flexibility index (Phi) is 5.98. The van der Waals surface area contributed by atoms with Crippen molar-refractivity contribution in [3.05, 3.63) is 62.9 Å². The van der Waals surface area contributed by atoms with E-state index in [4.69, 9.17) is 4.74 Å². The molecule has 3 rings (SSSR count). The average Bonchev–Trinajstić information content (AvgIpc) is 2.95. The monoisotopic (exact) mass is 488 g/mol. The maximum absolute atomic E-state index is 14.1. The molecule has 2 aromatic carbocycles. The Morgan fingerprint density at radius 3 is 2.13 bits per heavy atom. The summed E-state index contributed by atoms with van der Waals surface area (Å²) >= 11 is 3.35. The number of amides is 1. The Labute approximate surface area is 176 Å². The van der Waals surface area contributed by atoms with Gasteiger partial charge in [-0.15, -0.1) is 0 Å². The highest BCUT2D eigenvalue weighted by atomic mass is 79.9. The average molecular weight is 489 g/mol. The standard InChI is InChI=1S/C20H14BrF5N2O2/c1-8(2)30-13-5-4-10(7-12(13)21)6-11-9(3)27-28(20(11)29)19-17(25)15(23)14(22)16(24)18(19)26/h4-8H,1-3H3/b11-6-. The number of benzene rings is 2. The number of hydrazone groups is 1. The summed E-state index contributed by atoms with van der Waals surface area (Å²) in [6.07, 6.45) is 1.32. The molecular formula is C20H14BrF5N2O2. The number of hydrogen-bond acceptors (Lipinski definition) is 3. The fourth-order valence-electron chi connectivity index (χ4n) is 2.74. The number of ether oxygens (including phenoxy) is 1. The molecule has 0 atom stereocenters. The molecule has 2 aromatic rings. The molecule has 0 unspecified atom stereocenters. The van der Waals surface area contributed by atoms with E-state index in [1.54, 1.807) is 18.2 Å². The number of halogens is 6. The Morgan fingerprint density at radius 2 is 1.60 bits per heavy atom. The fourth-order valence-corrected chi connectivity index (χ4v) is 3.23. The zero-order valence-electron chi connectivity index (χ0n) is 15.9. The van der Waals surface area contributed by atoms with E-state index in [0.29, 0.717) is 15.8 Å². The van der Waals surface area contributed by atoms with Crippen LogP contribution in [0.3, 0.4) is 0 Å². The van der Waals surface area contributed by atoms with Crippen molar-refractivity contribution < 1.29 is 31.5 Å². The molecule has 1 aliphatic rings. The zero-order chi connectivity index (χ0) is 22.3. The minimum Gasteiger partial charge on any atom is -0.490 e. The Bertz CT molecular complexity index is 1090. The minimum absolute atomic E-state index is 0.0440. The van der Waals surface area contributed by atoms with Gasteiger partial charge < -0.3 is 4.74 Å². The molecule has 0 bridgehead atoms. The third-order valence-electron chi connectivity index (χ3n) is 4.09. The molecule has 158 valence electrons. The van der Waals surface area contributed by atoms with E-state index in [1.807, 2.05) is 13.8 Å². The third-order valence-corrected chi connectivity index (χ3v) is 4.71. The van der Waals surface area contributed by atoms with Gasteiger partial charge in [-0.2, -0.15) is 10.1 Å². The Balaban J connectivity index is 2.01. The van der Waals surface area contributed by atoms with E-state index < -0.39 is 40.7 Å². The highest BCUT2D eigenvalue weighted by Gasteiger charge is 2.37. The lowest BCUT2D eigenvalue weighted by atomic mass is 10.1. The van der Waals surface area contributed by atoms with E-state index in [2.05, 4.69) is 21.0 Å². The van der Waals surface area contributed by atoms with Crippen molar-refractivity contribution >= 4 is 39.3 Å². The van der Waals surface area contributed by atoms with E-state index in [1.165, 1.54) is 13.0 Å². The lowest BCUT2D eigenvalue weighted by Crippen LogP contribution is -2.25. The smallest absolute Gasteiger partial charge is 0.280 e. The van der Waals surface area contributed by atoms with Gasteiger partial charge in [0.25, 0.3) is 5.91 Å². The molecule has 0 aliphatic carbocycles. The first-order valence-corrected chi connectivity index (χ1v) is 9.41. The number of hydrogen-bond donors (Lipinski definition) is 0. The third kappa shape index (κ3) is 3.83. The molecule has 0 radical (unpaired) electrons. The summed E-state index contributed by atoms with van der Waals surface area (Å²) < 4.78 is 74.7. The molecule has 0 spiro atoms. The topological polar surface area (TPSA) is 41.9 Å². The van der Waals surface area contributed by atoms with E-state index >= 15 is 0 Å². The van der Waals surface area contributed by atoms with Crippen molar-refractivity contribution in [1.29, 1.82) is 0 Å². The lowest BCUT2D eigenvalue weighted by molar-refractivity contribution is -0.114. The first-order valence-electron chi connectivity index (χ1n) is 8.62. The van der Waals surface area contributed by atoms with Gasteiger partial charge >= 0.3 is 0 Å². The molecular weight excluding hydrogens is 475 g/mol. The van der Waals surface area contributed by atoms with Crippen LogP contribution >= 0.6 is 15.9 Å². The second-order valence-electron chi connectivity index (χ2n) is 6.64. The second-order valence-corrected chi connectivity index (χ2v) is 7.49. The summed E-state index contributed by atoms with van der Waals surface area (Å²) in [5.74, 6) is -11.4. The first kappa shape index (κ1) is 21.9. The summed E-state index contributed by atoms with van der Waals surface area (Å²) in [5, 5.41) is 3.86. The number of anilines is 1. The van der Waals surface area contributed by atoms with Gasteiger partial charge in [0.1, 0.15) is 11.4 Å². The van der Waals surface area contributed by atoms with Crippen LogP contribution in [0.4, 0.5) is 27.6 Å².